The summed E-state index contributed by atoms with van der Waals surface area (Å²) >= 11 is 12.8. The van der Waals surface area contributed by atoms with Crippen LogP contribution < -0.4 is 10.0 Å². The van der Waals surface area contributed by atoms with Gasteiger partial charge in [0.15, 0.2) is 6.61 Å². The van der Waals surface area contributed by atoms with Gasteiger partial charge in [0.25, 0.3) is 5.91 Å². The molecule has 1 amide bonds. The van der Waals surface area contributed by atoms with Crippen molar-refractivity contribution in [3.05, 3.63) is 44.6 Å². The summed E-state index contributed by atoms with van der Waals surface area (Å²) in [5, 5.41) is 4.40. The second kappa shape index (κ2) is 8.15. The number of carbonyl (C=O) groups excluding carboxylic acids is 2. The third kappa shape index (κ3) is 4.99. The molecule has 0 atom stereocenters. The second-order valence-electron chi connectivity index (χ2n) is 5.73. The summed E-state index contributed by atoms with van der Waals surface area (Å²) in [6, 6.07) is 5.95. The number of para-hydroxylation sites is 1. The third-order valence-corrected chi connectivity index (χ3v) is 6.78. The fourth-order valence-electron chi connectivity index (χ4n) is 2.13. The molecular formula is C16H14Cl2N2O5S2. The highest BCUT2D eigenvalue weighted by Crippen LogP contribution is 2.30. The highest BCUT2D eigenvalue weighted by molar-refractivity contribution is 7.89. The van der Waals surface area contributed by atoms with E-state index in [9.17, 15) is 18.0 Å². The molecule has 7 nitrogen and oxygen atoms in total. The van der Waals surface area contributed by atoms with Crippen LogP contribution in [0.15, 0.2) is 34.5 Å². The average molecular weight is 449 g/mol. The standard InChI is InChI=1S/C16H14Cl2N2O5S2/c17-10-2-1-3-11(18)14(10)19-13(21)8-25-16(22)15-12(6-7-26-15)27(23,24)20-9-4-5-9/h1-3,6-7,9,20H,4-5,8H2,(H,19,21). The van der Waals surface area contributed by atoms with E-state index in [1.807, 2.05) is 0 Å². The number of nitrogens with one attached hydrogen (secondary N) is 2. The van der Waals surface area contributed by atoms with Gasteiger partial charge in [-0.05, 0) is 36.4 Å². The zero-order valence-corrected chi connectivity index (χ0v) is 16.8. The number of ether oxygens (including phenoxy) is 1. The predicted octanol–water partition coefficient (Wildman–Crippen LogP) is 3.29. The van der Waals surface area contributed by atoms with E-state index in [2.05, 4.69) is 10.0 Å². The molecule has 0 unspecified atom stereocenters. The SMILES string of the molecule is O=C(COC(=O)c1sccc1S(=O)(=O)NC1CC1)Nc1c(Cl)cccc1Cl. The lowest BCUT2D eigenvalue weighted by Crippen LogP contribution is -2.27. The molecule has 11 heteroatoms. The van der Waals surface area contributed by atoms with Crippen LogP contribution in [0.4, 0.5) is 5.69 Å². The number of hydrogen-bond donors (Lipinski definition) is 2. The molecule has 0 bridgehead atoms. The molecule has 0 aliphatic heterocycles. The third-order valence-electron chi connectivity index (χ3n) is 3.56. The number of benzene rings is 1. The molecule has 3 rings (SSSR count). The summed E-state index contributed by atoms with van der Waals surface area (Å²) in [7, 11) is -3.80. The van der Waals surface area contributed by atoms with Gasteiger partial charge in [0, 0.05) is 6.04 Å². The molecule has 2 aromatic rings. The number of rotatable bonds is 7. The van der Waals surface area contributed by atoms with Gasteiger partial charge >= 0.3 is 5.97 Å². The summed E-state index contributed by atoms with van der Waals surface area (Å²) in [5.41, 5.74) is 0.204. The number of amides is 1. The summed E-state index contributed by atoms with van der Waals surface area (Å²) in [5.74, 6) is -1.56. The summed E-state index contributed by atoms with van der Waals surface area (Å²) in [4.78, 5) is 24.0. The van der Waals surface area contributed by atoms with Crippen molar-refractivity contribution in [3.63, 3.8) is 0 Å². The van der Waals surface area contributed by atoms with E-state index >= 15 is 0 Å². The number of hydrogen-bond acceptors (Lipinski definition) is 6. The van der Waals surface area contributed by atoms with Crippen LogP contribution in [-0.4, -0.2) is 32.9 Å². The number of halogens is 2. The zero-order chi connectivity index (χ0) is 19.6. The Kier molecular flexibility index (Phi) is 6.07. The number of esters is 1. The number of thiophene rings is 1. The fraction of sp³-hybridized carbons (Fsp3) is 0.250. The van der Waals surface area contributed by atoms with Crippen LogP contribution in [-0.2, 0) is 19.6 Å². The van der Waals surface area contributed by atoms with E-state index < -0.39 is 28.5 Å². The Morgan fingerprint density at radius 2 is 1.85 bits per heavy atom. The van der Waals surface area contributed by atoms with Crippen LogP contribution in [0.25, 0.3) is 0 Å². The quantitative estimate of drug-likeness (QED) is 0.632. The van der Waals surface area contributed by atoms with Crippen molar-refractivity contribution >= 4 is 62.1 Å². The van der Waals surface area contributed by atoms with Gasteiger partial charge in [0.1, 0.15) is 9.77 Å². The minimum Gasteiger partial charge on any atom is -0.451 e. The molecule has 1 heterocycles. The topological polar surface area (TPSA) is 102 Å². The molecule has 2 N–H and O–H groups in total. The van der Waals surface area contributed by atoms with Crippen LogP contribution in [0.2, 0.25) is 10.0 Å². The lowest BCUT2D eigenvalue weighted by atomic mass is 10.3. The first-order valence-electron chi connectivity index (χ1n) is 7.79. The molecule has 0 saturated heterocycles. The van der Waals surface area contributed by atoms with E-state index in [1.165, 1.54) is 11.4 Å². The molecule has 1 aliphatic rings. The molecule has 1 saturated carbocycles. The van der Waals surface area contributed by atoms with Crippen LogP contribution >= 0.6 is 34.5 Å². The average Bonchev–Trinajstić information content (AvgIpc) is 3.25. The van der Waals surface area contributed by atoms with Crippen molar-refractivity contribution in [1.82, 2.24) is 4.72 Å². The maximum Gasteiger partial charge on any atom is 0.350 e. The van der Waals surface area contributed by atoms with Gasteiger partial charge in [0.2, 0.25) is 10.0 Å². The van der Waals surface area contributed by atoms with Crippen LogP contribution in [0.3, 0.4) is 0 Å². The van der Waals surface area contributed by atoms with Gasteiger partial charge in [-0.1, -0.05) is 29.3 Å². The maximum absolute atomic E-state index is 12.3. The highest BCUT2D eigenvalue weighted by Gasteiger charge is 2.31. The molecule has 1 fully saturated rings. The molecule has 0 spiro atoms. The number of carbonyl (C=O) groups is 2. The van der Waals surface area contributed by atoms with Crippen molar-refractivity contribution in [1.29, 1.82) is 0 Å². The second-order valence-corrected chi connectivity index (χ2v) is 9.14. The monoisotopic (exact) mass is 448 g/mol. The minimum atomic E-state index is -3.80. The molecule has 144 valence electrons. The minimum absolute atomic E-state index is 0.0910. The summed E-state index contributed by atoms with van der Waals surface area (Å²) in [6.07, 6.45) is 1.54. The van der Waals surface area contributed by atoms with Gasteiger partial charge in [-0.3, -0.25) is 4.79 Å². The maximum atomic E-state index is 12.3. The first kappa shape index (κ1) is 20.1. The lowest BCUT2D eigenvalue weighted by molar-refractivity contribution is -0.119. The lowest BCUT2D eigenvalue weighted by Gasteiger charge is -2.10. The number of anilines is 1. The molecule has 0 radical (unpaired) electrons. The van der Waals surface area contributed by atoms with Gasteiger partial charge in [-0.2, -0.15) is 0 Å². The van der Waals surface area contributed by atoms with E-state index in [4.69, 9.17) is 27.9 Å². The predicted molar refractivity (Wildman–Crippen MR) is 103 cm³/mol. The molecule has 1 aromatic heterocycles. The Balaban J connectivity index is 1.63. The largest absolute Gasteiger partial charge is 0.451 e. The van der Waals surface area contributed by atoms with Crippen molar-refractivity contribution in [2.45, 2.75) is 23.8 Å². The summed E-state index contributed by atoms with van der Waals surface area (Å²) < 4.78 is 32.0. The van der Waals surface area contributed by atoms with Crippen LogP contribution in [0.5, 0.6) is 0 Å². The van der Waals surface area contributed by atoms with Crippen LogP contribution in [0.1, 0.15) is 22.5 Å². The smallest absolute Gasteiger partial charge is 0.350 e. The van der Waals surface area contributed by atoms with E-state index in [1.54, 1.807) is 18.2 Å². The Morgan fingerprint density at radius 1 is 1.19 bits per heavy atom. The fourth-order valence-corrected chi connectivity index (χ4v) is 5.24. The normalized spacial score (nSPS) is 14.0. The van der Waals surface area contributed by atoms with Crippen molar-refractivity contribution in [3.8, 4) is 0 Å². The van der Waals surface area contributed by atoms with Crippen molar-refractivity contribution in [2.75, 3.05) is 11.9 Å². The van der Waals surface area contributed by atoms with Gasteiger partial charge in [0.05, 0.1) is 15.7 Å². The van der Waals surface area contributed by atoms with Crippen molar-refractivity contribution < 1.29 is 22.7 Å². The molecule has 27 heavy (non-hydrogen) atoms. The highest BCUT2D eigenvalue weighted by atomic mass is 35.5. The Labute approximate surface area is 169 Å². The van der Waals surface area contributed by atoms with E-state index in [0.717, 1.165) is 24.2 Å². The van der Waals surface area contributed by atoms with E-state index in [0.29, 0.717) is 0 Å². The molecule has 1 aromatic carbocycles. The Bertz CT molecular complexity index is 966. The molecular weight excluding hydrogens is 435 g/mol. The van der Waals surface area contributed by atoms with Crippen molar-refractivity contribution in [2.24, 2.45) is 0 Å². The van der Waals surface area contributed by atoms with Crippen LogP contribution in [0, 0.1) is 0 Å². The van der Waals surface area contributed by atoms with Gasteiger partial charge < -0.3 is 10.1 Å². The first-order chi connectivity index (χ1) is 12.8. The van der Waals surface area contributed by atoms with Gasteiger partial charge in [-0.25, -0.2) is 17.9 Å². The Hall–Kier alpha value is -1.65. The Morgan fingerprint density at radius 3 is 2.48 bits per heavy atom. The van der Waals surface area contributed by atoms with E-state index in [-0.39, 0.29) is 31.5 Å². The molecule has 1 aliphatic carbocycles. The van der Waals surface area contributed by atoms with Gasteiger partial charge in [-0.15, -0.1) is 11.3 Å². The number of sulfonamides is 1. The first-order valence-corrected chi connectivity index (χ1v) is 10.9. The summed E-state index contributed by atoms with van der Waals surface area (Å²) in [6.45, 7) is -0.617. The zero-order valence-electron chi connectivity index (χ0n) is 13.7.